The molecule has 0 radical (unpaired) electrons. The summed E-state index contributed by atoms with van der Waals surface area (Å²) in [5.74, 6) is -0.110. The fourth-order valence-electron chi connectivity index (χ4n) is 2.48. The number of carbonyl (C=O) groups is 1. The molecule has 5 nitrogen and oxygen atoms in total. The normalized spacial score (nSPS) is 11.4. The molecule has 1 aromatic heterocycles. The molecule has 124 valence electrons. The maximum Gasteiger partial charge on any atom is 0.335 e. The van der Waals surface area contributed by atoms with E-state index < -0.39 is 5.97 Å². The number of ether oxygens (including phenoxy) is 1. The number of nitrogens with zero attached hydrogens (tertiary/aromatic N) is 1. The van der Waals surface area contributed by atoms with Crippen molar-refractivity contribution in [2.24, 2.45) is 5.92 Å². The Kier molecular flexibility index (Phi) is 5.08. The van der Waals surface area contributed by atoms with Crippen molar-refractivity contribution in [1.29, 1.82) is 0 Å². The van der Waals surface area contributed by atoms with E-state index in [1.54, 1.807) is 16.7 Å². The van der Waals surface area contributed by atoms with Crippen LogP contribution in [0.4, 0.5) is 0 Å². The van der Waals surface area contributed by atoms with Gasteiger partial charge in [-0.15, -0.1) is 0 Å². The topological polar surface area (TPSA) is 68.5 Å². The van der Waals surface area contributed by atoms with Gasteiger partial charge in [0.15, 0.2) is 0 Å². The molecule has 5 heteroatoms. The number of carboxylic acid groups (broad SMARTS) is 1. The smallest absolute Gasteiger partial charge is 0.335 e. The molecule has 2 rings (SSSR count). The average Bonchev–Trinajstić information content (AvgIpc) is 2.45. The molecule has 2 aromatic rings. The van der Waals surface area contributed by atoms with Crippen molar-refractivity contribution >= 4 is 16.9 Å². The molecule has 1 heterocycles. The van der Waals surface area contributed by atoms with E-state index in [1.165, 1.54) is 12.1 Å². The monoisotopic (exact) mass is 317 g/mol. The van der Waals surface area contributed by atoms with Crippen LogP contribution in [-0.2, 0) is 6.54 Å². The summed E-state index contributed by atoms with van der Waals surface area (Å²) in [6, 6.07) is 6.21. The van der Waals surface area contributed by atoms with Crippen molar-refractivity contribution in [3.05, 3.63) is 40.2 Å². The quantitative estimate of drug-likeness (QED) is 0.885. The molecule has 0 aliphatic heterocycles. The van der Waals surface area contributed by atoms with Crippen LogP contribution in [0.25, 0.3) is 10.9 Å². The molecule has 23 heavy (non-hydrogen) atoms. The Balaban J connectivity index is 2.71. The maximum atomic E-state index is 12.3. The summed E-state index contributed by atoms with van der Waals surface area (Å²) in [5.41, 5.74) is 0.717. The molecule has 0 amide bonds. The molecule has 0 fully saturated rings. The van der Waals surface area contributed by atoms with Crippen LogP contribution in [0.3, 0.4) is 0 Å². The third-order valence-electron chi connectivity index (χ3n) is 3.59. The number of fused-ring (bicyclic) bond motifs is 1. The Morgan fingerprint density at radius 1 is 1.22 bits per heavy atom. The van der Waals surface area contributed by atoms with Gasteiger partial charge >= 0.3 is 5.97 Å². The van der Waals surface area contributed by atoms with Crippen LogP contribution in [0.15, 0.2) is 29.1 Å². The first-order valence-electron chi connectivity index (χ1n) is 7.87. The number of carboxylic acids is 1. The molecule has 0 aliphatic rings. The first-order chi connectivity index (χ1) is 10.8. The van der Waals surface area contributed by atoms with Gasteiger partial charge in [0.1, 0.15) is 5.75 Å². The van der Waals surface area contributed by atoms with Crippen LogP contribution in [0, 0.1) is 5.92 Å². The van der Waals surface area contributed by atoms with Crippen LogP contribution in [0.1, 0.15) is 44.5 Å². The van der Waals surface area contributed by atoms with Gasteiger partial charge in [0.25, 0.3) is 5.56 Å². The van der Waals surface area contributed by atoms with Gasteiger partial charge in [-0.1, -0.05) is 13.8 Å². The second kappa shape index (κ2) is 6.86. The maximum absolute atomic E-state index is 12.3. The first kappa shape index (κ1) is 17.1. The third-order valence-corrected chi connectivity index (χ3v) is 3.59. The minimum Gasteiger partial charge on any atom is -0.489 e. The summed E-state index contributed by atoms with van der Waals surface area (Å²) in [7, 11) is 0. The number of hydrogen-bond donors (Lipinski definition) is 1. The second-order valence-corrected chi connectivity index (χ2v) is 6.39. The molecule has 0 unspecified atom stereocenters. The first-order valence-corrected chi connectivity index (χ1v) is 7.87. The van der Waals surface area contributed by atoms with E-state index in [4.69, 9.17) is 4.74 Å². The van der Waals surface area contributed by atoms with Crippen molar-refractivity contribution in [1.82, 2.24) is 4.57 Å². The zero-order valence-electron chi connectivity index (χ0n) is 14.0. The van der Waals surface area contributed by atoms with Gasteiger partial charge in [-0.05, 0) is 44.4 Å². The highest BCUT2D eigenvalue weighted by molar-refractivity contribution is 5.96. The van der Waals surface area contributed by atoms with Crippen molar-refractivity contribution in [3.63, 3.8) is 0 Å². The zero-order valence-corrected chi connectivity index (χ0v) is 14.0. The molecule has 1 aromatic carbocycles. The highest BCUT2D eigenvalue weighted by atomic mass is 16.5. The zero-order chi connectivity index (χ0) is 17.1. The fourth-order valence-corrected chi connectivity index (χ4v) is 2.48. The lowest BCUT2D eigenvalue weighted by molar-refractivity contribution is 0.0696. The van der Waals surface area contributed by atoms with Gasteiger partial charge in [0, 0.05) is 18.0 Å². The summed E-state index contributed by atoms with van der Waals surface area (Å²) < 4.78 is 7.48. The number of aryl methyl sites for hydroxylation is 1. The van der Waals surface area contributed by atoms with Crippen molar-refractivity contribution in [3.8, 4) is 5.75 Å². The van der Waals surface area contributed by atoms with E-state index in [9.17, 15) is 14.7 Å². The molecule has 0 spiro atoms. The second-order valence-electron chi connectivity index (χ2n) is 6.39. The minimum atomic E-state index is -1.01. The van der Waals surface area contributed by atoms with E-state index in [0.29, 0.717) is 29.1 Å². The molecule has 0 saturated heterocycles. The largest absolute Gasteiger partial charge is 0.489 e. The Morgan fingerprint density at radius 2 is 1.91 bits per heavy atom. The van der Waals surface area contributed by atoms with Crippen molar-refractivity contribution < 1.29 is 14.6 Å². The molecule has 0 aliphatic carbocycles. The van der Waals surface area contributed by atoms with Crippen molar-refractivity contribution in [2.75, 3.05) is 0 Å². The van der Waals surface area contributed by atoms with Crippen molar-refractivity contribution in [2.45, 2.75) is 46.8 Å². The third kappa shape index (κ3) is 3.92. The Bertz CT molecular complexity index is 774. The Hall–Kier alpha value is -2.30. The predicted molar refractivity (Wildman–Crippen MR) is 90.4 cm³/mol. The number of rotatable bonds is 6. The number of aromatic carboxylic acids is 1. The summed E-state index contributed by atoms with van der Waals surface area (Å²) in [5, 5.41) is 9.98. The van der Waals surface area contributed by atoms with E-state index >= 15 is 0 Å². The standard InChI is InChI=1S/C18H23NO4/c1-11(2)7-8-19-16(20)6-5-13-9-14(18(21)22)10-15(17(13)19)23-12(3)4/h5-6,9-12H,7-8H2,1-4H3,(H,21,22). The highest BCUT2D eigenvalue weighted by Crippen LogP contribution is 2.28. The Labute approximate surface area is 135 Å². The van der Waals surface area contributed by atoms with Gasteiger partial charge in [0.2, 0.25) is 0 Å². The highest BCUT2D eigenvalue weighted by Gasteiger charge is 2.15. The summed E-state index contributed by atoms with van der Waals surface area (Å²) >= 11 is 0. The van der Waals surface area contributed by atoms with E-state index in [2.05, 4.69) is 13.8 Å². The van der Waals surface area contributed by atoms with E-state index in [0.717, 1.165) is 6.42 Å². The molecule has 0 bridgehead atoms. The lowest BCUT2D eigenvalue weighted by Gasteiger charge is -2.18. The van der Waals surface area contributed by atoms with Gasteiger partial charge in [0.05, 0.1) is 17.2 Å². The fraction of sp³-hybridized carbons (Fsp3) is 0.444. The average molecular weight is 317 g/mol. The number of aromatic nitrogens is 1. The molecular formula is C18H23NO4. The molecule has 1 N–H and O–H groups in total. The van der Waals surface area contributed by atoms with Gasteiger partial charge in [-0.25, -0.2) is 4.79 Å². The summed E-state index contributed by atoms with van der Waals surface area (Å²) in [4.78, 5) is 23.6. The van der Waals surface area contributed by atoms with Crippen LogP contribution in [-0.4, -0.2) is 21.7 Å². The lowest BCUT2D eigenvalue weighted by atomic mass is 10.1. The lowest BCUT2D eigenvalue weighted by Crippen LogP contribution is -2.21. The molecule has 0 saturated carbocycles. The van der Waals surface area contributed by atoms with Gasteiger partial charge in [-0.2, -0.15) is 0 Å². The number of pyridine rings is 1. The number of hydrogen-bond acceptors (Lipinski definition) is 3. The molecule has 0 atom stereocenters. The predicted octanol–water partition coefficient (Wildman–Crippen LogP) is 3.53. The molecular weight excluding hydrogens is 294 g/mol. The van der Waals surface area contributed by atoms with Gasteiger partial charge in [-0.3, -0.25) is 4.79 Å². The summed E-state index contributed by atoms with van der Waals surface area (Å²) in [6.45, 7) is 8.53. The van der Waals surface area contributed by atoms with Crippen LogP contribution >= 0.6 is 0 Å². The van der Waals surface area contributed by atoms with Crippen LogP contribution in [0.2, 0.25) is 0 Å². The van der Waals surface area contributed by atoms with E-state index in [-0.39, 0.29) is 17.2 Å². The SMILES string of the molecule is CC(C)CCn1c(=O)ccc2cc(C(=O)O)cc(OC(C)C)c21. The van der Waals surface area contributed by atoms with E-state index in [1.807, 2.05) is 13.8 Å². The van der Waals surface area contributed by atoms with Crippen LogP contribution in [0.5, 0.6) is 5.75 Å². The minimum absolute atomic E-state index is 0.102. The Morgan fingerprint density at radius 3 is 2.48 bits per heavy atom. The number of benzene rings is 1. The summed E-state index contributed by atoms with van der Waals surface area (Å²) in [6.07, 6.45) is 0.747. The van der Waals surface area contributed by atoms with Crippen LogP contribution < -0.4 is 10.3 Å². The van der Waals surface area contributed by atoms with Gasteiger partial charge < -0.3 is 14.4 Å².